The summed E-state index contributed by atoms with van der Waals surface area (Å²) in [6.07, 6.45) is 4.75. The maximum Gasteiger partial charge on any atom is 0.257 e. The minimum absolute atomic E-state index is 0.0299. The number of ether oxygens (including phenoxy) is 1. The van der Waals surface area contributed by atoms with Crippen LogP contribution in [0, 0.1) is 6.92 Å². The van der Waals surface area contributed by atoms with Gasteiger partial charge in [-0.2, -0.15) is 0 Å². The fourth-order valence-electron chi connectivity index (χ4n) is 4.48. The summed E-state index contributed by atoms with van der Waals surface area (Å²) in [4.78, 5) is 17.2. The van der Waals surface area contributed by atoms with Crippen molar-refractivity contribution in [3.8, 4) is 0 Å². The molecule has 0 radical (unpaired) electrons. The third-order valence-electron chi connectivity index (χ3n) is 5.80. The van der Waals surface area contributed by atoms with Gasteiger partial charge < -0.3 is 19.2 Å². The van der Waals surface area contributed by atoms with Gasteiger partial charge in [-0.3, -0.25) is 9.69 Å². The smallest absolute Gasteiger partial charge is 0.257 e. The van der Waals surface area contributed by atoms with Crippen LogP contribution in [0.25, 0.3) is 0 Å². The fraction of sp³-hybridized carbons (Fsp3) is 0.737. The normalized spacial score (nSPS) is 27.5. The molecule has 0 saturated carbocycles. The van der Waals surface area contributed by atoms with Crippen LogP contribution in [-0.4, -0.2) is 72.4 Å². The number of carbonyl (C=O) groups is 1. The molecule has 0 spiro atoms. The predicted octanol–water partition coefficient (Wildman–Crippen LogP) is 1.38. The zero-order valence-electron chi connectivity index (χ0n) is 15.1. The number of likely N-dealkylation sites (tertiary alicyclic amines) is 1. The summed E-state index contributed by atoms with van der Waals surface area (Å²) in [5.74, 6) is 1.76. The first-order valence-corrected chi connectivity index (χ1v) is 9.49. The second kappa shape index (κ2) is 6.74. The lowest BCUT2D eigenvalue weighted by molar-refractivity contribution is -0.0257. The Morgan fingerprint density at radius 1 is 1.20 bits per heavy atom. The average molecular weight is 348 g/mol. The van der Waals surface area contributed by atoms with Gasteiger partial charge in [0.1, 0.15) is 11.5 Å². The standard InChI is InChI=1S/C19H28N2O4/c1-14-17(15-4-2-3-5-16(15)25-14)18(22)21-7-6-19(23,13-21)12-20-8-10-24-11-9-20/h23H,2-13H2,1H3/t19-/m0/s1. The number of aliphatic hydroxyl groups is 1. The molecule has 6 nitrogen and oxygen atoms in total. The highest BCUT2D eigenvalue weighted by atomic mass is 16.5. The summed E-state index contributed by atoms with van der Waals surface area (Å²) in [7, 11) is 0. The minimum Gasteiger partial charge on any atom is -0.465 e. The lowest BCUT2D eigenvalue weighted by Gasteiger charge is -2.33. The van der Waals surface area contributed by atoms with E-state index in [1.807, 2.05) is 11.8 Å². The van der Waals surface area contributed by atoms with E-state index < -0.39 is 5.60 Å². The van der Waals surface area contributed by atoms with E-state index in [4.69, 9.17) is 9.15 Å². The maximum atomic E-state index is 13.1. The van der Waals surface area contributed by atoms with E-state index in [0.717, 1.165) is 74.6 Å². The van der Waals surface area contributed by atoms with Gasteiger partial charge in [0.2, 0.25) is 0 Å². The molecule has 0 bridgehead atoms. The van der Waals surface area contributed by atoms with Crippen LogP contribution >= 0.6 is 0 Å². The number of nitrogens with zero attached hydrogens (tertiary/aromatic N) is 2. The van der Waals surface area contributed by atoms with E-state index in [-0.39, 0.29) is 5.91 Å². The average Bonchev–Trinajstić information content (AvgIpc) is 3.15. The van der Waals surface area contributed by atoms with Gasteiger partial charge >= 0.3 is 0 Å². The van der Waals surface area contributed by atoms with Crippen molar-refractivity contribution in [3.05, 3.63) is 22.6 Å². The quantitative estimate of drug-likeness (QED) is 0.894. The Kier molecular flexibility index (Phi) is 4.60. The Morgan fingerprint density at radius 3 is 2.76 bits per heavy atom. The van der Waals surface area contributed by atoms with E-state index in [1.165, 1.54) is 0 Å². The summed E-state index contributed by atoms with van der Waals surface area (Å²) in [5.41, 5.74) is 1.05. The lowest BCUT2D eigenvalue weighted by atomic mass is 9.94. The Balaban J connectivity index is 1.46. The zero-order chi connectivity index (χ0) is 17.4. The Hall–Kier alpha value is -1.37. The van der Waals surface area contributed by atoms with Gasteiger partial charge in [-0.15, -0.1) is 0 Å². The van der Waals surface area contributed by atoms with Crippen molar-refractivity contribution in [3.63, 3.8) is 0 Å². The first-order chi connectivity index (χ1) is 12.1. The van der Waals surface area contributed by atoms with Gasteiger partial charge in [-0.1, -0.05) is 0 Å². The first-order valence-electron chi connectivity index (χ1n) is 9.49. The van der Waals surface area contributed by atoms with Gasteiger partial charge in [0.25, 0.3) is 5.91 Å². The van der Waals surface area contributed by atoms with Crippen molar-refractivity contribution >= 4 is 5.91 Å². The molecule has 1 N–H and O–H groups in total. The minimum atomic E-state index is -0.815. The van der Waals surface area contributed by atoms with Gasteiger partial charge in [0.05, 0.1) is 30.9 Å². The lowest BCUT2D eigenvalue weighted by Crippen LogP contribution is -2.49. The maximum absolute atomic E-state index is 13.1. The first kappa shape index (κ1) is 17.1. The summed E-state index contributed by atoms with van der Waals surface area (Å²) in [5, 5.41) is 11.0. The predicted molar refractivity (Wildman–Crippen MR) is 92.8 cm³/mol. The monoisotopic (exact) mass is 348 g/mol. The van der Waals surface area contributed by atoms with Crippen molar-refractivity contribution in [2.24, 2.45) is 0 Å². The van der Waals surface area contributed by atoms with Crippen LogP contribution in [-0.2, 0) is 17.6 Å². The highest BCUT2D eigenvalue weighted by molar-refractivity contribution is 5.97. The molecular formula is C19H28N2O4. The summed E-state index contributed by atoms with van der Waals surface area (Å²) < 4.78 is 11.2. The SMILES string of the molecule is Cc1oc2c(c1C(=O)N1CC[C@](O)(CN3CCOCC3)C1)CCCC2. The molecule has 1 aliphatic carbocycles. The van der Waals surface area contributed by atoms with Crippen molar-refractivity contribution < 1.29 is 19.1 Å². The van der Waals surface area contributed by atoms with Crippen molar-refractivity contribution in [2.45, 2.75) is 44.6 Å². The van der Waals surface area contributed by atoms with E-state index in [0.29, 0.717) is 26.1 Å². The van der Waals surface area contributed by atoms with Crippen LogP contribution in [0.1, 0.15) is 46.7 Å². The van der Waals surface area contributed by atoms with Crippen LogP contribution < -0.4 is 0 Å². The second-order valence-corrected chi connectivity index (χ2v) is 7.73. The van der Waals surface area contributed by atoms with Crippen LogP contribution in [0.4, 0.5) is 0 Å². The Bertz CT molecular complexity index is 650. The third-order valence-corrected chi connectivity index (χ3v) is 5.80. The Morgan fingerprint density at radius 2 is 1.96 bits per heavy atom. The van der Waals surface area contributed by atoms with Crippen molar-refractivity contribution in [1.82, 2.24) is 9.80 Å². The zero-order valence-corrected chi connectivity index (χ0v) is 15.1. The topological polar surface area (TPSA) is 66.2 Å². The molecule has 4 rings (SSSR count). The molecule has 3 heterocycles. The highest BCUT2D eigenvalue weighted by Crippen LogP contribution is 2.32. The number of amides is 1. The molecule has 6 heteroatoms. The van der Waals surface area contributed by atoms with E-state index in [2.05, 4.69) is 4.90 Å². The molecule has 2 fully saturated rings. The van der Waals surface area contributed by atoms with Crippen LogP contribution in [0.15, 0.2) is 4.42 Å². The molecule has 1 atom stereocenters. The summed E-state index contributed by atoms with van der Waals surface area (Å²) >= 11 is 0. The summed E-state index contributed by atoms with van der Waals surface area (Å²) in [6.45, 7) is 6.67. The number of aryl methyl sites for hydroxylation is 2. The number of morpholine rings is 1. The van der Waals surface area contributed by atoms with E-state index in [1.54, 1.807) is 0 Å². The molecule has 2 saturated heterocycles. The van der Waals surface area contributed by atoms with Crippen molar-refractivity contribution in [2.75, 3.05) is 45.9 Å². The highest BCUT2D eigenvalue weighted by Gasteiger charge is 2.41. The number of hydrogen-bond donors (Lipinski definition) is 1. The van der Waals surface area contributed by atoms with E-state index >= 15 is 0 Å². The molecule has 25 heavy (non-hydrogen) atoms. The molecule has 1 aromatic heterocycles. The number of hydrogen-bond acceptors (Lipinski definition) is 5. The molecule has 1 aromatic rings. The molecule has 1 amide bonds. The molecule has 0 aromatic carbocycles. The van der Waals surface area contributed by atoms with Gasteiger partial charge in [0.15, 0.2) is 0 Å². The van der Waals surface area contributed by atoms with Crippen LogP contribution in [0.2, 0.25) is 0 Å². The van der Waals surface area contributed by atoms with E-state index in [9.17, 15) is 9.90 Å². The fourth-order valence-corrected chi connectivity index (χ4v) is 4.48. The molecule has 3 aliphatic rings. The third kappa shape index (κ3) is 3.35. The molecular weight excluding hydrogens is 320 g/mol. The van der Waals surface area contributed by atoms with Gasteiger partial charge in [0, 0.05) is 38.2 Å². The van der Waals surface area contributed by atoms with Crippen LogP contribution in [0.3, 0.4) is 0 Å². The number of β-amino-alcohol motifs (C(OH)–C–C–N with tert-alkyl or cyclic N) is 1. The second-order valence-electron chi connectivity index (χ2n) is 7.73. The van der Waals surface area contributed by atoms with Gasteiger partial charge in [-0.25, -0.2) is 0 Å². The Labute approximate surface area is 148 Å². The van der Waals surface area contributed by atoms with Crippen molar-refractivity contribution in [1.29, 1.82) is 0 Å². The molecule has 2 aliphatic heterocycles. The molecule has 138 valence electrons. The van der Waals surface area contributed by atoms with Crippen LogP contribution in [0.5, 0.6) is 0 Å². The summed E-state index contributed by atoms with van der Waals surface area (Å²) in [6, 6.07) is 0. The number of rotatable bonds is 3. The number of furan rings is 1. The molecule has 0 unspecified atom stereocenters. The van der Waals surface area contributed by atoms with Gasteiger partial charge in [-0.05, 0) is 32.6 Å². The largest absolute Gasteiger partial charge is 0.465 e. The number of fused-ring (bicyclic) bond motifs is 1. The number of carbonyl (C=O) groups excluding carboxylic acids is 1.